The molecule has 2 N–H and O–H groups in total. The van der Waals surface area contributed by atoms with Gasteiger partial charge in [0, 0.05) is 28.5 Å². The molecule has 0 atom stereocenters. The SMILES string of the molecule is O=C(CCNS(=O)(=O)c1cccc(Br)c1)NCc1cc(F)ccc1Br. The van der Waals surface area contributed by atoms with Gasteiger partial charge in [0.05, 0.1) is 4.90 Å². The van der Waals surface area contributed by atoms with Gasteiger partial charge in [-0.1, -0.05) is 37.9 Å². The Bertz CT molecular complexity index is 875. The molecular weight excluding hydrogens is 479 g/mol. The monoisotopic (exact) mass is 492 g/mol. The van der Waals surface area contributed by atoms with Crippen LogP contribution in [-0.4, -0.2) is 20.9 Å². The van der Waals surface area contributed by atoms with Crippen molar-refractivity contribution < 1.29 is 17.6 Å². The summed E-state index contributed by atoms with van der Waals surface area (Å²) in [5, 5.41) is 2.62. The van der Waals surface area contributed by atoms with E-state index in [0.717, 1.165) is 0 Å². The van der Waals surface area contributed by atoms with Crippen molar-refractivity contribution in [1.29, 1.82) is 0 Å². The molecule has 2 aromatic carbocycles. The normalized spacial score (nSPS) is 11.3. The van der Waals surface area contributed by atoms with Crippen molar-refractivity contribution in [3.05, 3.63) is 62.8 Å². The van der Waals surface area contributed by atoms with Crippen LogP contribution in [0.2, 0.25) is 0 Å². The molecular formula is C16H15Br2FN2O3S. The van der Waals surface area contributed by atoms with Crippen molar-refractivity contribution in [3.63, 3.8) is 0 Å². The molecule has 9 heteroatoms. The minimum absolute atomic E-state index is 0.0276. The first-order valence-corrected chi connectivity index (χ1v) is 10.3. The molecule has 0 spiro atoms. The maximum Gasteiger partial charge on any atom is 0.240 e. The molecule has 0 radical (unpaired) electrons. The maximum atomic E-state index is 13.2. The van der Waals surface area contributed by atoms with Gasteiger partial charge in [-0.3, -0.25) is 4.79 Å². The third-order valence-electron chi connectivity index (χ3n) is 3.23. The molecule has 0 aliphatic heterocycles. The van der Waals surface area contributed by atoms with E-state index in [1.807, 2.05) is 0 Å². The smallest absolute Gasteiger partial charge is 0.240 e. The molecule has 0 heterocycles. The van der Waals surface area contributed by atoms with Crippen molar-refractivity contribution in [1.82, 2.24) is 10.0 Å². The Morgan fingerprint density at radius 1 is 1.12 bits per heavy atom. The first-order chi connectivity index (χ1) is 11.8. The summed E-state index contributed by atoms with van der Waals surface area (Å²) in [6.45, 7) is 0.112. The first-order valence-electron chi connectivity index (χ1n) is 7.24. The van der Waals surface area contributed by atoms with Gasteiger partial charge in [-0.2, -0.15) is 0 Å². The lowest BCUT2D eigenvalue weighted by molar-refractivity contribution is -0.121. The number of nitrogens with one attached hydrogen (secondary N) is 2. The Balaban J connectivity index is 1.83. The fraction of sp³-hybridized carbons (Fsp3) is 0.188. The van der Waals surface area contributed by atoms with E-state index < -0.39 is 15.8 Å². The summed E-state index contributed by atoms with van der Waals surface area (Å²) in [5.41, 5.74) is 0.600. The third kappa shape index (κ3) is 6.18. The second-order valence-electron chi connectivity index (χ2n) is 5.12. The number of halogens is 3. The second-order valence-corrected chi connectivity index (χ2v) is 8.65. The summed E-state index contributed by atoms with van der Waals surface area (Å²) in [7, 11) is -3.67. The van der Waals surface area contributed by atoms with E-state index in [2.05, 4.69) is 41.9 Å². The highest BCUT2D eigenvalue weighted by Gasteiger charge is 2.14. The van der Waals surface area contributed by atoms with Crippen molar-refractivity contribution in [2.75, 3.05) is 6.54 Å². The van der Waals surface area contributed by atoms with Gasteiger partial charge in [0.15, 0.2) is 0 Å². The van der Waals surface area contributed by atoms with Gasteiger partial charge in [0.2, 0.25) is 15.9 Å². The zero-order valence-electron chi connectivity index (χ0n) is 12.9. The van der Waals surface area contributed by atoms with E-state index in [1.165, 1.54) is 24.3 Å². The molecule has 5 nitrogen and oxygen atoms in total. The van der Waals surface area contributed by atoms with Gasteiger partial charge in [-0.25, -0.2) is 17.5 Å². The molecule has 0 aliphatic rings. The molecule has 1 amide bonds. The second kappa shape index (κ2) is 8.88. The number of benzene rings is 2. The predicted octanol–water partition coefficient (Wildman–Crippen LogP) is 3.34. The summed E-state index contributed by atoms with van der Waals surface area (Å²) in [4.78, 5) is 11.9. The van der Waals surface area contributed by atoms with Crippen LogP contribution in [-0.2, 0) is 21.4 Å². The highest BCUT2D eigenvalue weighted by Crippen LogP contribution is 2.18. The Morgan fingerprint density at radius 2 is 1.88 bits per heavy atom. The van der Waals surface area contributed by atoms with Crippen LogP contribution in [0.3, 0.4) is 0 Å². The molecule has 0 fully saturated rings. The molecule has 0 saturated heterocycles. The molecule has 0 aromatic heterocycles. The highest BCUT2D eigenvalue weighted by molar-refractivity contribution is 9.10. The topological polar surface area (TPSA) is 75.3 Å². The molecule has 0 aliphatic carbocycles. The summed E-state index contributed by atoms with van der Waals surface area (Å²) in [6, 6.07) is 10.5. The van der Waals surface area contributed by atoms with Crippen LogP contribution in [0.15, 0.2) is 56.3 Å². The number of carbonyl (C=O) groups is 1. The van der Waals surface area contributed by atoms with Gasteiger partial charge in [0.25, 0.3) is 0 Å². The van der Waals surface area contributed by atoms with Crippen molar-refractivity contribution in [2.24, 2.45) is 0 Å². The molecule has 0 saturated carbocycles. The van der Waals surface area contributed by atoms with Gasteiger partial charge in [-0.05, 0) is 42.0 Å². The zero-order chi connectivity index (χ0) is 18.4. The maximum absolute atomic E-state index is 13.2. The Morgan fingerprint density at radius 3 is 2.60 bits per heavy atom. The van der Waals surface area contributed by atoms with E-state index in [-0.39, 0.29) is 30.3 Å². The fourth-order valence-corrected chi connectivity index (χ4v) is 3.99. The van der Waals surface area contributed by atoms with Gasteiger partial charge in [-0.15, -0.1) is 0 Å². The predicted molar refractivity (Wildman–Crippen MR) is 99.9 cm³/mol. The number of rotatable bonds is 7. The van der Waals surface area contributed by atoms with E-state index in [9.17, 15) is 17.6 Å². The zero-order valence-corrected chi connectivity index (χ0v) is 16.9. The molecule has 0 unspecified atom stereocenters. The molecule has 2 aromatic rings. The number of amides is 1. The first kappa shape index (κ1) is 20.0. The fourth-order valence-electron chi connectivity index (χ4n) is 1.98. The van der Waals surface area contributed by atoms with Crippen LogP contribution in [0.1, 0.15) is 12.0 Å². The average Bonchev–Trinajstić information content (AvgIpc) is 2.55. The summed E-state index contributed by atoms with van der Waals surface area (Å²) >= 11 is 6.49. The quantitative estimate of drug-likeness (QED) is 0.621. The van der Waals surface area contributed by atoms with Crippen LogP contribution in [0.4, 0.5) is 4.39 Å². The van der Waals surface area contributed by atoms with Crippen LogP contribution in [0, 0.1) is 5.82 Å². The lowest BCUT2D eigenvalue weighted by atomic mass is 10.2. The lowest BCUT2D eigenvalue weighted by Crippen LogP contribution is -2.30. The number of carbonyl (C=O) groups excluding carboxylic acids is 1. The summed E-state index contributed by atoms with van der Waals surface area (Å²) < 4.78 is 41.1. The molecule has 134 valence electrons. The van der Waals surface area contributed by atoms with Crippen LogP contribution in [0.25, 0.3) is 0 Å². The van der Waals surface area contributed by atoms with Crippen molar-refractivity contribution in [3.8, 4) is 0 Å². The van der Waals surface area contributed by atoms with Crippen molar-refractivity contribution >= 4 is 47.8 Å². The Hall–Kier alpha value is -1.29. The highest BCUT2D eigenvalue weighted by atomic mass is 79.9. The Kier molecular flexibility index (Phi) is 7.12. The van der Waals surface area contributed by atoms with Crippen LogP contribution < -0.4 is 10.0 Å². The molecule has 25 heavy (non-hydrogen) atoms. The number of hydrogen-bond acceptors (Lipinski definition) is 3. The number of hydrogen-bond donors (Lipinski definition) is 2. The standard InChI is InChI=1S/C16H15Br2FN2O3S/c17-12-2-1-3-14(9-12)25(23,24)21-7-6-16(22)20-10-11-8-13(19)4-5-15(11)18/h1-5,8-9,21H,6-7,10H2,(H,20,22). The summed E-state index contributed by atoms with van der Waals surface area (Å²) in [6.07, 6.45) is -0.0276. The van der Waals surface area contributed by atoms with Gasteiger partial charge >= 0.3 is 0 Å². The van der Waals surface area contributed by atoms with Gasteiger partial charge < -0.3 is 5.32 Å². The minimum Gasteiger partial charge on any atom is -0.352 e. The largest absolute Gasteiger partial charge is 0.352 e. The lowest BCUT2D eigenvalue weighted by Gasteiger charge is -2.09. The summed E-state index contributed by atoms with van der Waals surface area (Å²) in [5.74, 6) is -0.734. The van der Waals surface area contributed by atoms with Crippen LogP contribution >= 0.6 is 31.9 Å². The average molecular weight is 494 g/mol. The van der Waals surface area contributed by atoms with Crippen molar-refractivity contribution in [2.45, 2.75) is 17.9 Å². The van der Waals surface area contributed by atoms with E-state index in [1.54, 1.807) is 18.2 Å². The van der Waals surface area contributed by atoms with E-state index in [4.69, 9.17) is 0 Å². The van der Waals surface area contributed by atoms with E-state index >= 15 is 0 Å². The molecule has 0 bridgehead atoms. The number of sulfonamides is 1. The minimum atomic E-state index is -3.67. The Labute approximate surface area is 162 Å². The van der Waals surface area contributed by atoms with Crippen LogP contribution in [0.5, 0.6) is 0 Å². The third-order valence-corrected chi connectivity index (χ3v) is 5.96. The molecule has 2 rings (SSSR count). The van der Waals surface area contributed by atoms with E-state index in [0.29, 0.717) is 14.5 Å². The van der Waals surface area contributed by atoms with Gasteiger partial charge in [0.1, 0.15) is 5.82 Å².